The number of nitrogens with zero attached hydrogens (tertiary/aromatic N) is 6. The average Bonchev–Trinajstić information content (AvgIpc) is 3.27. The van der Waals surface area contributed by atoms with Crippen LogP contribution < -0.4 is 5.32 Å². The first kappa shape index (κ1) is 14.5. The van der Waals surface area contributed by atoms with E-state index in [9.17, 15) is 0 Å². The fourth-order valence-electron chi connectivity index (χ4n) is 2.60. The zero-order valence-corrected chi connectivity index (χ0v) is 13.7. The number of aryl methyl sites for hydroxylation is 1. The Kier molecular flexibility index (Phi) is 3.68. The van der Waals surface area contributed by atoms with Gasteiger partial charge in [0.2, 0.25) is 0 Å². The molecule has 4 rings (SSSR count). The summed E-state index contributed by atoms with van der Waals surface area (Å²) in [6, 6.07) is 0.137. The monoisotopic (exact) mass is 331 g/mol. The molecule has 9 heteroatoms. The first-order valence-corrected chi connectivity index (χ1v) is 8.28. The maximum atomic E-state index is 5.41. The number of thiazole rings is 1. The van der Waals surface area contributed by atoms with Gasteiger partial charge in [0.25, 0.3) is 5.89 Å². The third-order valence-electron chi connectivity index (χ3n) is 3.93. The molecular weight excluding hydrogens is 314 g/mol. The van der Waals surface area contributed by atoms with E-state index in [1.807, 2.05) is 18.6 Å². The molecule has 0 radical (unpaired) electrons. The van der Waals surface area contributed by atoms with Crippen molar-refractivity contribution >= 4 is 11.3 Å². The Labute approximate surface area is 137 Å². The molecule has 3 aromatic rings. The zero-order chi connectivity index (χ0) is 15.8. The van der Waals surface area contributed by atoms with E-state index in [0.717, 1.165) is 30.2 Å². The van der Waals surface area contributed by atoms with Gasteiger partial charge in [0.1, 0.15) is 10.7 Å². The first-order valence-electron chi connectivity index (χ1n) is 7.40. The molecule has 1 aliphatic heterocycles. The molecule has 0 amide bonds. The van der Waals surface area contributed by atoms with Gasteiger partial charge in [-0.15, -0.1) is 11.3 Å². The molecular formula is C14H17N7OS. The maximum absolute atomic E-state index is 5.41. The Bertz CT molecular complexity index is 808. The Morgan fingerprint density at radius 1 is 1.35 bits per heavy atom. The molecule has 0 bridgehead atoms. The van der Waals surface area contributed by atoms with Crippen molar-refractivity contribution in [2.24, 2.45) is 7.05 Å². The van der Waals surface area contributed by atoms with Crippen LogP contribution in [0.25, 0.3) is 22.2 Å². The smallest absolute Gasteiger partial charge is 0.277 e. The van der Waals surface area contributed by atoms with Crippen LogP contribution in [0.5, 0.6) is 0 Å². The largest absolute Gasteiger partial charge is 0.332 e. The van der Waals surface area contributed by atoms with E-state index in [0.29, 0.717) is 17.4 Å². The molecule has 4 heterocycles. The highest BCUT2D eigenvalue weighted by atomic mass is 32.1. The molecule has 8 nitrogen and oxygen atoms in total. The van der Waals surface area contributed by atoms with Crippen molar-refractivity contribution in [1.82, 2.24) is 35.1 Å². The molecule has 1 atom stereocenters. The second kappa shape index (κ2) is 5.84. The predicted octanol–water partition coefficient (Wildman–Crippen LogP) is 1.17. The van der Waals surface area contributed by atoms with E-state index in [1.54, 1.807) is 22.2 Å². The second-order valence-corrected chi connectivity index (χ2v) is 6.46. The van der Waals surface area contributed by atoms with Crippen LogP contribution in [-0.2, 0) is 7.05 Å². The van der Waals surface area contributed by atoms with E-state index >= 15 is 0 Å². The molecule has 1 saturated heterocycles. The molecule has 3 aromatic heterocycles. The van der Waals surface area contributed by atoms with E-state index in [1.165, 1.54) is 0 Å². The van der Waals surface area contributed by atoms with Crippen molar-refractivity contribution in [3.8, 4) is 22.2 Å². The van der Waals surface area contributed by atoms with Gasteiger partial charge < -0.3 is 9.84 Å². The van der Waals surface area contributed by atoms with Gasteiger partial charge in [-0.05, 0) is 7.05 Å². The minimum atomic E-state index is 0.137. The van der Waals surface area contributed by atoms with Gasteiger partial charge >= 0.3 is 0 Å². The van der Waals surface area contributed by atoms with Gasteiger partial charge in [-0.3, -0.25) is 9.58 Å². The lowest BCUT2D eigenvalue weighted by molar-refractivity contribution is 0.190. The number of rotatable bonds is 3. The lowest BCUT2D eigenvalue weighted by atomic mass is 10.2. The minimum absolute atomic E-state index is 0.137. The number of likely N-dealkylation sites (N-methyl/N-ethyl adjacent to an activating group) is 1. The van der Waals surface area contributed by atoms with Crippen LogP contribution in [-0.4, -0.2) is 56.5 Å². The van der Waals surface area contributed by atoms with Crippen LogP contribution in [0.1, 0.15) is 11.9 Å². The van der Waals surface area contributed by atoms with Crippen LogP contribution in [0.15, 0.2) is 22.3 Å². The summed E-state index contributed by atoms with van der Waals surface area (Å²) in [5.74, 6) is 1.16. The summed E-state index contributed by atoms with van der Waals surface area (Å²) < 4.78 is 7.17. The molecule has 1 fully saturated rings. The Hall–Kier alpha value is -2.10. The highest BCUT2D eigenvalue weighted by molar-refractivity contribution is 7.13. The number of hydrogen-bond donors (Lipinski definition) is 1. The van der Waals surface area contributed by atoms with E-state index in [-0.39, 0.29) is 6.04 Å². The Balaban J connectivity index is 1.58. The summed E-state index contributed by atoms with van der Waals surface area (Å²) in [6.45, 7) is 2.78. The lowest BCUT2D eigenvalue weighted by Crippen LogP contribution is -2.44. The molecule has 1 aliphatic rings. The predicted molar refractivity (Wildman–Crippen MR) is 85.8 cm³/mol. The van der Waals surface area contributed by atoms with E-state index in [4.69, 9.17) is 4.52 Å². The Morgan fingerprint density at radius 2 is 2.26 bits per heavy atom. The summed E-state index contributed by atoms with van der Waals surface area (Å²) in [5.41, 5.74) is 1.69. The quantitative estimate of drug-likeness (QED) is 0.771. The summed E-state index contributed by atoms with van der Waals surface area (Å²) in [5, 5.41) is 14.5. The van der Waals surface area contributed by atoms with Crippen LogP contribution >= 0.6 is 11.3 Å². The molecule has 0 saturated carbocycles. The van der Waals surface area contributed by atoms with Crippen molar-refractivity contribution in [3.63, 3.8) is 0 Å². The number of hydrogen-bond acceptors (Lipinski definition) is 8. The molecule has 0 spiro atoms. The highest BCUT2D eigenvalue weighted by Gasteiger charge is 2.26. The molecule has 1 unspecified atom stereocenters. The molecule has 0 aliphatic carbocycles. The van der Waals surface area contributed by atoms with Crippen LogP contribution in [0.4, 0.5) is 0 Å². The third-order valence-corrected chi connectivity index (χ3v) is 4.82. The van der Waals surface area contributed by atoms with Crippen LogP contribution in [0.2, 0.25) is 0 Å². The second-order valence-electron chi connectivity index (χ2n) is 5.60. The summed E-state index contributed by atoms with van der Waals surface area (Å²) in [4.78, 5) is 11.3. The number of aromatic nitrogens is 5. The van der Waals surface area contributed by atoms with E-state index < -0.39 is 0 Å². The van der Waals surface area contributed by atoms with Gasteiger partial charge in [-0.2, -0.15) is 10.1 Å². The standard InChI is InChI=1S/C14H17N7OS/c1-20-4-3-15-6-11(20)12-18-13(22-19-12)10-8-23-14(17-10)9-5-16-21(2)7-9/h5,7-8,11,15H,3-4,6H2,1-2H3. The van der Waals surface area contributed by atoms with Gasteiger partial charge in [-0.1, -0.05) is 5.16 Å². The summed E-state index contributed by atoms with van der Waals surface area (Å²) in [7, 11) is 3.96. The molecule has 1 N–H and O–H groups in total. The molecule has 0 aromatic carbocycles. The normalized spacial score (nSPS) is 19.3. The highest BCUT2D eigenvalue weighted by Crippen LogP contribution is 2.28. The fourth-order valence-corrected chi connectivity index (χ4v) is 3.37. The van der Waals surface area contributed by atoms with E-state index in [2.05, 4.69) is 37.5 Å². The maximum Gasteiger partial charge on any atom is 0.277 e. The van der Waals surface area contributed by atoms with Crippen LogP contribution in [0.3, 0.4) is 0 Å². The molecule has 23 heavy (non-hydrogen) atoms. The van der Waals surface area contributed by atoms with Crippen molar-refractivity contribution in [1.29, 1.82) is 0 Å². The van der Waals surface area contributed by atoms with Gasteiger partial charge in [0, 0.05) is 43.8 Å². The number of nitrogens with one attached hydrogen (secondary N) is 1. The zero-order valence-electron chi connectivity index (χ0n) is 12.9. The van der Waals surface area contributed by atoms with Crippen molar-refractivity contribution in [3.05, 3.63) is 23.6 Å². The van der Waals surface area contributed by atoms with Crippen LogP contribution in [0, 0.1) is 0 Å². The number of piperazine rings is 1. The van der Waals surface area contributed by atoms with Gasteiger partial charge in [0.15, 0.2) is 5.82 Å². The minimum Gasteiger partial charge on any atom is -0.332 e. The first-order chi connectivity index (χ1) is 11.2. The van der Waals surface area contributed by atoms with Gasteiger partial charge in [0.05, 0.1) is 12.2 Å². The van der Waals surface area contributed by atoms with Crippen molar-refractivity contribution < 1.29 is 4.52 Å². The topological polar surface area (TPSA) is 84.9 Å². The third kappa shape index (κ3) is 2.78. The Morgan fingerprint density at radius 3 is 3.04 bits per heavy atom. The fraction of sp³-hybridized carbons (Fsp3) is 0.429. The SMILES string of the molecule is CN1CCNCC1c1noc(-c2csc(-c3cnn(C)c3)n2)n1. The summed E-state index contributed by atoms with van der Waals surface area (Å²) in [6.07, 6.45) is 3.73. The lowest BCUT2D eigenvalue weighted by Gasteiger charge is -2.30. The van der Waals surface area contributed by atoms with Crippen molar-refractivity contribution in [2.45, 2.75) is 6.04 Å². The van der Waals surface area contributed by atoms with Gasteiger partial charge in [-0.25, -0.2) is 4.98 Å². The summed E-state index contributed by atoms with van der Waals surface area (Å²) >= 11 is 1.54. The van der Waals surface area contributed by atoms with Crippen molar-refractivity contribution in [2.75, 3.05) is 26.7 Å². The molecule has 120 valence electrons. The average molecular weight is 331 g/mol.